The van der Waals surface area contributed by atoms with Gasteiger partial charge >= 0.3 is 0 Å². The van der Waals surface area contributed by atoms with Gasteiger partial charge in [0.1, 0.15) is 24.0 Å². The summed E-state index contributed by atoms with van der Waals surface area (Å²) in [5.74, 6) is -0.929. The summed E-state index contributed by atoms with van der Waals surface area (Å²) in [5, 5.41) is 25.1. The fourth-order valence-electron chi connectivity index (χ4n) is 2.03. The minimum atomic E-state index is -3.13. The second-order valence-electron chi connectivity index (χ2n) is 4.90. The Kier molecular flexibility index (Phi) is 5.51. The molecule has 1 amide bonds. The first kappa shape index (κ1) is 18.8. The van der Waals surface area contributed by atoms with E-state index in [1.165, 1.54) is 0 Å². The maximum atomic E-state index is 12.9. The summed E-state index contributed by atoms with van der Waals surface area (Å²) in [5.41, 5.74) is -2.47. The van der Waals surface area contributed by atoms with Gasteiger partial charge in [0, 0.05) is 12.1 Å². The molecule has 12 heteroatoms. The molecule has 0 fully saturated rings. The lowest BCUT2D eigenvalue weighted by molar-refractivity contribution is -0.384. The number of nitrogens with zero attached hydrogens (tertiary/aromatic N) is 4. The van der Waals surface area contributed by atoms with Crippen molar-refractivity contribution in [2.45, 2.75) is 19.4 Å². The van der Waals surface area contributed by atoms with E-state index in [1.54, 1.807) is 6.07 Å². The van der Waals surface area contributed by atoms with Crippen LogP contribution in [-0.4, -0.2) is 20.6 Å². The average Bonchev–Trinajstić information content (AvgIpc) is 2.99. The zero-order chi connectivity index (χ0) is 19.4. The molecule has 1 N–H and O–H groups in total. The Labute approximate surface area is 142 Å². The molecule has 136 valence electrons. The van der Waals surface area contributed by atoms with Crippen LogP contribution >= 0.6 is 0 Å². The molecule has 1 aromatic carbocycles. The molecule has 0 saturated heterocycles. The van der Waals surface area contributed by atoms with Crippen molar-refractivity contribution in [1.82, 2.24) is 9.78 Å². The summed E-state index contributed by atoms with van der Waals surface area (Å²) >= 11 is 0. The Morgan fingerprint density at radius 3 is 2.54 bits per heavy atom. The maximum Gasteiger partial charge on any atom is 0.282 e. The van der Waals surface area contributed by atoms with Gasteiger partial charge in [-0.3, -0.25) is 19.6 Å². The van der Waals surface area contributed by atoms with E-state index in [0.717, 1.165) is 18.2 Å². The number of rotatable bonds is 6. The summed E-state index contributed by atoms with van der Waals surface area (Å²) in [7, 11) is 0. The lowest BCUT2D eigenvalue weighted by Crippen LogP contribution is -2.21. The van der Waals surface area contributed by atoms with E-state index < -0.39 is 41.6 Å². The van der Waals surface area contributed by atoms with Crippen LogP contribution in [0.1, 0.15) is 29.8 Å². The highest BCUT2D eigenvalue weighted by atomic mass is 19.3. The Hall–Kier alpha value is -3.49. The zero-order valence-corrected chi connectivity index (χ0v) is 12.7. The van der Waals surface area contributed by atoms with E-state index in [-0.39, 0.29) is 16.9 Å². The highest BCUT2D eigenvalue weighted by molar-refractivity contribution is 5.92. The number of carbonyl (C=O) groups is 1. The standard InChI is InChI=1S/C14H9F4N5O3/c15-13(16)10-4-11(14(17)18)22(21-10)6-12(24)20-9-2-1-8(23(25)26)3-7(9)5-19/h1-4,13-14H,6H2,(H,20,24). The molecule has 1 heterocycles. The number of anilines is 1. The molecule has 0 aliphatic rings. The number of halogens is 4. The number of carbonyl (C=O) groups excluding carboxylic acids is 1. The third-order valence-electron chi connectivity index (χ3n) is 3.18. The normalized spacial score (nSPS) is 10.8. The van der Waals surface area contributed by atoms with Crippen LogP contribution in [0.15, 0.2) is 24.3 Å². The molecular weight excluding hydrogens is 362 g/mol. The molecule has 8 nitrogen and oxygen atoms in total. The third-order valence-corrected chi connectivity index (χ3v) is 3.18. The van der Waals surface area contributed by atoms with Gasteiger partial charge in [0.15, 0.2) is 0 Å². The van der Waals surface area contributed by atoms with Crippen LogP contribution in [0.3, 0.4) is 0 Å². The van der Waals surface area contributed by atoms with Crippen molar-refractivity contribution in [2.24, 2.45) is 0 Å². The average molecular weight is 371 g/mol. The van der Waals surface area contributed by atoms with Crippen molar-refractivity contribution in [2.75, 3.05) is 5.32 Å². The van der Waals surface area contributed by atoms with Crippen molar-refractivity contribution >= 4 is 17.3 Å². The molecule has 0 spiro atoms. The number of nitro groups is 1. The van der Waals surface area contributed by atoms with Crippen LogP contribution < -0.4 is 5.32 Å². The Bertz CT molecular complexity index is 891. The van der Waals surface area contributed by atoms with Crippen LogP contribution in [0.5, 0.6) is 0 Å². The molecule has 0 radical (unpaired) electrons. The minimum Gasteiger partial charge on any atom is -0.323 e. The van der Waals surface area contributed by atoms with Gasteiger partial charge in [-0.2, -0.15) is 10.4 Å². The molecule has 0 saturated carbocycles. The van der Waals surface area contributed by atoms with Gasteiger partial charge in [-0.25, -0.2) is 17.6 Å². The molecule has 0 aliphatic heterocycles. The van der Waals surface area contributed by atoms with Crippen LogP contribution in [0.25, 0.3) is 0 Å². The monoisotopic (exact) mass is 371 g/mol. The highest BCUT2D eigenvalue weighted by Gasteiger charge is 2.22. The van der Waals surface area contributed by atoms with Crippen molar-refractivity contribution in [3.63, 3.8) is 0 Å². The van der Waals surface area contributed by atoms with Crippen LogP contribution in [0, 0.1) is 21.4 Å². The Morgan fingerprint density at radius 2 is 2.00 bits per heavy atom. The van der Waals surface area contributed by atoms with Gasteiger partial charge < -0.3 is 5.32 Å². The first-order valence-electron chi connectivity index (χ1n) is 6.85. The van der Waals surface area contributed by atoms with Crippen LogP contribution in [-0.2, 0) is 11.3 Å². The van der Waals surface area contributed by atoms with Gasteiger partial charge in [-0.15, -0.1) is 0 Å². The van der Waals surface area contributed by atoms with E-state index in [4.69, 9.17) is 5.26 Å². The van der Waals surface area contributed by atoms with Gasteiger partial charge in [-0.1, -0.05) is 0 Å². The zero-order valence-electron chi connectivity index (χ0n) is 12.7. The predicted molar refractivity (Wildman–Crippen MR) is 78.6 cm³/mol. The number of hydrogen-bond donors (Lipinski definition) is 1. The fourth-order valence-corrected chi connectivity index (χ4v) is 2.03. The number of benzene rings is 1. The Morgan fingerprint density at radius 1 is 1.31 bits per heavy atom. The first-order chi connectivity index (χ1) is 12.2. The van der Waals surface area contributed by atoms with Crippen molar-refractivity contribution in [3.05, 3.63) is 51.3 Å². The number of alkyl halides is 4. The molecule has 2 rings (SSSR count). The fraction of sp³-hybridized carbons (Fsp3) is 0.214. The summed E-state index contributed by atoms with van der Waals surface area (Å²) in [6.07, 6.45) is -6.21. The molecule has 0 aliphatic carbocycles. The number of nitriles is 1. The molecule has 1 aromatic heterocycles. The molecule has 0 bridgehead atoms. The van der Waals surface area contributed by atoms with Crippen molar-refractivity contribution < 1.29 is 27.3 Å². The summed E-state index contributed by atoms with van der Waals surface area (Å²) < 4.78 is 51.4. The minimum absolute atomic E-state index is 0.0945. The van der Waals surface area contributed by atoms with Gasteiger partial charge in [0.25, 0.3) is 18.5 Å². The molecule has 0 atom stereocenters. The van der Waals surface area contributed by atoms with Crippen LogP contribution in [0.2, 0.25) is 0 Å². The number of nitrogens with one attached hydrogen (secondary N) is 1. The van der Waals surface area contributed by atoms with E-state index in [9.17, 15) is 32.5 Å². The lowest BCUT2D eigenvalue weighted by atomic mass is 10.1. The predicted octanol–water partition coefficient (Wildman–Crippen LogP) is 3.18. The number of amides is 1. The lowest BCUT2D eigenvalue weighted by Gasteiger charge is -2.09. The topological polar surface area (TPSA) is 114 Å². The maximum absolute atomic E-state index is 12.9. The second-order valence-corrected chi connectivity index (χ2v) is 4.90. The number of nitro benzene ring substituents is 1. The van der Waals surface area contributed by atoms with Crippen molar-refractivity contribution in [3.8, 4) is 6.07 Å². The summed E-state index contributed by atoms with van der Waals surface area (Å²) in [6, 6.07) is 5.19. The molecular formula is C14H9F4N5O3. The quantitative estimate of drug-likeness (QED) is 0.476. The van der Waals surface area contributed by atoms with E-state index >= 15 is 0 Å². The third kappa shape index (κ3) is 4.12. The number of hydrogen-bond acceptors (Lipinski definition) is 5. The van der Waals surface area contributed by atoms with E-state index in [2.05, 4.69) is 10.4 Å². The summed E-state index contributed by atoms with van der Waals surface area (Å²) in [6.45, 7) is -0.811. The van der Waals surface area contributed by atoms with Crippen molar-refractivity contribution in [1.29, 1.82) is 5.26 Å². The first-order valence-corrected chi connectivity index (χ1v) is 6.85. The molecule has 26 heavy (non-hydrogen) atoms. The summed E-state index contributed by atoms with van der Waals surface area (Å²) in [4.78, 5) is 21.9. The smallest absolute Gasteiger partial charge is 0.282 e. The largest absolute Gasteiger partial charge is 0.323 e. The number of aromatic nitrogens is 2. The van der Waals surface area contributed by atoms with E-state index in [0.29, 0.717) is 10.7 Å². The van der Waals surface area contributed by atoms with E-state index in [1.807, 2.05) is 0 Å². The molecule has 0 unspecified atom stereocenters. The van der Waals surface area contributed by atoms with Gasteiger partial charge in [-0.05, 0) is 12.1 Å². The Balaban J connectivity index is 2.22. The number of non-ortho nitro benzene ring substituents is 1. The van der Waals surface area contributed by atoms with Crippen LogP contribution in [0.4, 0.5) is 28.9 Å². The SMILES string of the molecule is N#Cc1cc([N+](=O)[O-])ccc1NC(=O)Cn1nc(C(F)F)cc1C(F)F. The molecule has 2 aromatic rings. The highest BCUT2D eigenvalue weighted by Crippen LogP contribution is 2.25. The van der Waals surface area contributed by atoms with Gasteiger partial charge in [0.05, 0.1) is 16.2 Å². The van der Waals surface area contributed by atoms with Gasteiger partial charge in [0.2, 0.25) is 5.91 Å². The second kappa shape index (κ2) is 7.60.